The van der Waals surface area contributed by atoms with Gasteiger partial charge in [0.25, 0.3) is 0 Å². The van der Waals surface area contributed by atoms with Crippen molar-refractivity contribution in [2.75, 3.05) is 0 Å². The van der Waals surface area contributed by atoms with Gasteiger partial charge in [-0.2, -0.15) is 0 Å². The molecule has 1 aliphatic rings. The zero-order valence-corrected chi connectivity index (χ0v) is 9.56. The molecule has 1 aromatic rings. The highest BCUT2D eigenvalue weighted by Crippen LogP contribution is 2.30. The summed E-state index contributed by atoms with van der Waals surface area (Å²) in [6.07, 6.45) is 5.43. The number of carboxylic acids is 1. The molecule has 17 heavy (non-hydrogen) atoms. The Labute approximate surface area is 99.8 Å². The minimum atomic E-state index is -1.16. The molecule has 0 radical (unpaired) electrons. The molecule has 4 nitrogen and oxygen atoms in total. The van der Waals surface area contributed by atoms with Gasteiger partial charge in [0.05, 0.1) is 6.10 Å². The molecule has 92 valence electrons. The molecule has 0 bridgehead atoms. The first-order valence-electron chi connectivity index (χ1n) is 5.90. The maximum atomic E-state index is 11.0. The lowest BCUT2D eigenvalue weighted by molar-refractivity contribution is 0.0682. The number of carbonyl (C=O) groups is 1. The van der Waals surface area contributed by atoms with Crippen LogP contribution in [0.15, 0.2) is 18.2 Å². The third kappa shape index (κ3) is 2.70. The van der Waals surface area contributed by atoms with E-state index in [4.69, 9.17) is 9.84 Å². The van der Waals surface area contributed by atoms with Gasteiger partial charge in [-0.25, -0.2) is 4.79 Å². The molecule has 0 heterocycles. The zero-order chi connectivity index (χ0) is 12.3. The predicted molar refractivity (Wildman–Crippen MR) is 62.6 cm³/mol. The van der Waals surface area contributed by atoms with Crippen LogP contribution in [0.2, 0.25) is 0 Å². The fourth-order valence-corrected chi connectivity index (χ4v) is 2.20. The second kappa shape index (κ2) is 5.08. The van der Waals surface area contributed by atoms with Crippen LogP contribution in [-0.2, 0) is 0 Å². The van der Waals surface area contributed by atoms with Crippen LogP contribution in [0.4, 0.5) is 0 Å². The Bertz CT molecular complexity index is 408. The maximum absolute atomic E-state index is 11.0. The summed E-state index contributed by atoms with van der Waals surface area (Å²) in [4.78, 5) is 11.0. The van der Waals surface area contributed by atoms with E-state index in [2.05, 4.69) is 0 Å². The lowest BCUT2D eigenvalue weighted by Gasteiger charge is -2.23. The van der Waals surface area contributed by atoms with E-state index in [9.17, 15) is 9.90 Å². The number of benzene rings is 1. The van der Waals surface area contributed by atoms with Gasteiger partial charge >= 0.3 is 5.97 Å². The summed E-state index contributed by atoms with van der Waals surface area (Å²) in [5, 5.41) is 18.6. The van der Waals surface area contributed by atoms with Crippen molar-refractivity contribution in [3.05, 3.63) is 23.8 Å². The van der Waals surface area contributed by atoms with Crippen LogP contribution in [0.3, 0.4) is 0 Å². The standard InChI is InChI=1S/C13H16O4/c14-10-7-4-8-11(12(10)13(15)16)17-9-5-2-1-3-6-9/h4,7-9,14H,1-3,5-6H2,(H,15,16). The van der Waals surface area contributed by atoms with E-state index in [-0.39, 0.29) is 23.2 Å². The highest BCUT2D eigenvalue weighted by Gasteiger charge is 2.21. The molecular formula is C13H16O4. The Hall–Kier alpha value is -1.71. The molecule has 2 rings (SSSR count). The second-order valence-electron chi connectivity index (χ2n) is 4.33. The molecule has 1 fully saturated rings. The van der Waals surface area contributed by atoms with E-state index < -0.39 is 5.97 Å². The minimum Gasteiger partial charge on any atom is -0.507 e. The molecule has 1 saturated carbocycles. The highest BCUT2D eigenvalue weighted by molar-refractivity contribution is 5.93. The summed E-state index contributed by atoms with van der Waals surface area (Å²) in [6, 6.07) is 4.55. The minimum absolute atomic E-state index is 0.0728. The molecule has 0 spiro atoms. The molecule has 0 aliphatic heterocycles. The van der Waals surface area contributed by atoms with E-state index in [0.29, 0.717) is 0 Å². The van der Waals surface area contributed by atoms with Crippen molar-refractivity contribution >= 4 is 5.97 Å². The van der Waals surface area contributed by atoms with Crippen LogP contribution >= 0.6 is 0 Å². The molecule has 0 amide bonds. The van der Waals surface area contributed by atoms with Crippen molar-refractivity contribution in [1.29, 1.82) is 0 Å². The largest absolute Gasteiger partial charge is 0.507 e. The summed E-state index contributed by atoms with van der Waals surface area (Å²) >= 11 is 0. The maximum Gasteiger partial charge on any atom is 0.343 e. The van der Waals surface area contributed by atoms with Crippen molar-refractivity contribution in [2.45, 2.75) is 38.2 Å². The number of rotatable bonds is 3. The van der Waals surface area contributed by atoms with Crippen molar-refractivity contribution in [3.63, 3.8) is 0 Å². The lowest BCUT2D eigenvalue weighted by Crippen LogP contribution is -2.20. The molecule has 2 N–H and O–H groups in total. The van der Waals surface area contributed by atoms with Gasteiger partial charge in [-0.05, 0) is 37.8 Å². The molecule has 4 heteroatoms. The Morgan fingerprint density at radius 3 is 2.59 bits per heavy atom. The average molecular weight is 236 g/mol. The van der Waals surface area contributed by atoms with Crippen molar-refractivity contribution in [3.8, 4) is 11.5 Å². The first kappa shape index (κ1) is 11.8. The van der Waals surface area contributed by atoms with E-state index >= 15 is 0 Å². The fourth-order valence-electron chi connectivity index (χ4n) is 2.20. The van der Waals surface area contributed by atoms with Gasteiger partial charge in [0.2, 0.25) is 0 Å². The molecule has 1 aliphatic carbocycles. The van der Waals surface area contributed by atoms with Crippen LogP contribution < -0.4 is 4.74 Å². The van der Waals surface area contributed by atoms with Gasteiger partial charge in [0, 0.05) is 0 Å². The van der Waals surface area contributed by atoms with Crippen LogP contribution in [0.5, 0.6) is 11.5 Å². The third-order valence-corrected chi connectivity index (χ3v) is 3.06. The first-order valence-corrected chi connectivity index (χ1v) is 5.90. The zero-order valence-electron chi connectivity index (χ0n) is 9.56. The van der Waals surface area contributed by atoms with Gasteiger partial charge in [0.15, 0.2) is 0 Å². The first-order chi connectivity index (χ1) is 8.18. The quantitative estimate of drug-likeness (QED) is 0.846. The number of ether oxygens (including phenoxy) is 1. The van der Waals surface area contributed by atoms with E-state index in [1.807, 2.05) is 0 Å². The monoisotopic (exact) mass is 236 g/mol. The van der Waals surface area contributed by atoms with Crippen LogP contribution in [0.1, 0.15) is 42.5 Å². The van der Waals surface area contributed by atoms with E-state index in [0.717, 1.165) is 25.7 Å². The Morgan fingerprint density at radius 1 is 1.24 bits per heavy atom. The topological polar surface area (TPSA) is 66.8 Å². The Morgan fingerprint density at radius 2 is 1.94 bits per heavy atom. The van der Waals surface area contributed by atoms with E-state index in [1.165, 1.54) is 12.5 Å². The summed E-state index contributed by atoms with van der Waals surface area (Å²) < 4.78 is 5.69. The average Bonchev–Trinajstić information content (AvgIpc) is 2.30. The van der Waals surface area contributed by atoms with E-state index in [1.54, 1.807) is 12.1 Å². The van der Waals surface area contributed by atoms with Crippen LogP contribution in [-0.4, -0.2) is 22.3 Å². The molecule has 0 saturated heterocycles. The highest BCUT2D eigenvalue weighted by atomic mass is 16.5. The van der Waals surface area contributed by atoms with Crippen LogP contribution in [0, 0.1) is 0 Å². The van der Waals surface area contributed by atoms with Crippen LogP contribution in [0.25, 0.3) is 0 Å². The third-order valence-electron chi connectivity index (χ3n) is 3.06. The predicted octanol–water partition coefficient (Wildman–Crippen LogP) is 2.80. The summed E-state index contributed by atoms with van der Waals surface area (Å²) in [5.41, 5.74) is -0.141. The molecule has 0 unspecified atom stereocenters. The summed E-state index contributed by atoms with van der Waals surface area (Å²) in [7, 11) is 0. The number of aromatic hydroxyl groups is 1. The summed E-state index contributed by atoms with van der Waals surface area (Å²) in [5.74, 6) is -1.14. The molecule has 0 atom stereocenters. The lowest BCUT2D eigenvalue weighted by atomic mass is 9.97. The van der Waals surface area contributed by atoms with Crippen molar-refractivity contribution in [2.24, 2.45) is 0 Å². The number of phenols is 1. The number of carboxylic acid groups (broad SMARTS) is 1. The number of aromatic carboxylic acids is 1. The van der Waals surface area contributed by atoms with Gasteiger partial charge in [-0.1, -0.05) is 12.5 Å². The number of hydrogen-bond acceptors (Lipinski definition) is 3. The second-order valence-corrected chi connectivity index (χ2v) is 4.33. The summed E-state index contributed by atoms with van der Waals surface area (Å²) in [6.45, 7) is 0. The van der Waals surface area contributed by atoms with Crippen molar-refractivity contribution < 1.29 is 19.7 Å². The Kier molecular flexibility index (Phi) is 3.52. The fraction of sp³-hybridized carbons (Fsp3) is 0.462. The number of hydrogen-bond donors (Lipinski definition) is 2. The smallest absolute Gasteiger partial charge is 0.343 e. The molecular weight excluding hydrogens is 220 g/mol. The normalized spacial score (nSPS) is 16.7. The van der Waals surface area contributed by atoms with Gasteiger partial charge in [-0.3, -0.25) is 0 Å². The van der Waals surface area contributed by atoms with Gasteiger partial charge < -0.3 is 14.9 Å². The van der Waals surface area contributed by atoms with Gasteiger partial charge in [-0.15, -0.1) is 0 Å². The molecule has 1 aromatic carbocycles. The Balaban J connectivity index is 2.19. The SMILES string of the molecule is O=C(O)c1c(O)cccc1OC1CCCCC1. The van der Waals surface area contributed by atoms with Crippen molar-refractivity contribution in [1.82, 2.24) is 0 Å². The molecule has 0 aromatic heterocycles. The van der Waals surface area contributed by atoms with Gasteiger partial charge in [0.1, 0.15) is 17.1 Å².